The van der Waals surface area contributed by atoms with Crippen molar-refractivity contribution in [3.05, 3.63) is 113 Å². The Kier molecular flexibility index (Phi) is 6.92. The normalized spacial score (nSPS) is 21.3. The maximum Gasteiger partial charge on any atom is 0.251 e. The molecule has 0 spiro atoms. The van der Waals surface area contributed by atoms with E-state index in [1.165, 1.54) is 35.1 Å². The van der Waals surface area contributed by atoms with Gasteiger partial charge in [0.2, 0.25) is 0 Å². The molecule has 2 aliphatic heterocycles. The molecule has 2 aliphatic rings. The average Bonchev–Trinajstić information content (AvgIpc) is 3.12. The van der Waals surface area contributed by atoms with E-state index in [1.807, 2.05) is 19.1 Å². The summed E-state index contributed by atoms with van der Waals surface area (Å²) in [5, 5.41) is 2.90. The van der Waals surface area contributed by atoms with E-state index in [-0.39, 0.29) is 5.91 Å². The first-order valence-corrected chi connectivity index (χ1v) is 12.7. The number of piperidine rings is 1. The largest absolute Gasteiger partial charge is 0.352 e. The van der Waals surface area contributed by atoms with Crippen molar-refractivity contribution in [2.24, 2.45) is 0 Å². The molecular weight excluding hydrogens is 416 g/mol. The molecule has 0 saturated carbocycles. The Morgan fingerprint density at radius 2 is 1.35 bits per heavy atom. The van der Waals surface area contributed by atoms with Crippen LogP contribution in [0.2, 0.25) is 0 Å². The Hall–Kier alpha value is -3.17. The molecule has 2 bridgehead atoms. The summed E-state index contributed by atoms with van der Waals surface area (Å²) in [5.74, 6) is -0.00673. The predicted octanol–water partition coefficient (Wildman–Crippen LogP) is 6.11. The van der Waals surface area contributed by atoms with E-state index >= 15 is 0 Å². The minimum Gasteiger partial charge on any atom is -0.352 e. The summed E-state index contributed by atoms with van der Waals surface area (Å²) in [6, 6.07) is 31.1. The molecule has 5 rings (SSSR count). The molecule has 0 radical (unpaired) electrons. The zero-order chi connectivity index (χ0) is 23.3. The number of amides is 1. The smallest absolute Gasteiger partial charge is 0.251 e. The summed E-state index contributed by atoms with van der Waals surface area (Å²) < 4.78 is 0. The van der Waals surface area contributed by atoms with Crippen LogP contribution in [0.25, 0.3) is 5.57 Å². The molecule has 2 fully saturated rings. The molecule has 3 aromatic rings. The van der Waals surface area contributed by atoms with Crippen LogP contribution in [-0.4, -0.2) is 36.0 Å². The lowest BCUT2D eigenvalue weighted by atomic mass is 9.85. The van der Waals surface area contributed by atoms with Crippen molar-refractivity contribution >= 4 is 11.5 Å². The van der Waals surface area contributed by atoms with Crippen LogP contribution in [0.3, 0.4) is 0 Å². The highest BCUT2D eigenvalue weighted by Crippen LogP contribution is 2.42. The number of nitrogens with zero attached hydrogens (tertiary/aromatic N) is 1. The predicted molar refractivity (Wildman–Crippen MR) is 140 cm³/mol. The van der Waals surface area contributed by atoms with Crippen molar-refractivity contribution in [2.45, 2.75) is 51.1 Å². The monoisotopic (exact) mass is 450 g/mol. The SMILES string of the molecule is CCNC(=O)c1ccc(C(=C2C[C@H]3CC[C@@H](C2)N3CCc2ccccc2)c2ccccc2)cc1. The standard InChI is InChI=1S/C31H34N2O/c1-2-32-31(34)26-15-13-25(14-16-26)30(24-11-7-4-8-12-24)27-21-28-17-18-29(22-27)33(28)20-19-23-9-5-3-6-10-23/h3-16,28-29H,2,17-22H2,1H3,(H,32,34)/t28-,29+. The quantitative estimate of drug-likeness (QED) is 0.471. The number of fused-ring (bicyclic) bond motifs is 2. The van der Waals surface area contributed by atoms with Crippen molar-refractivity contribution in [3.8, 4) is 0 Å². The van der Waals surface area contributed by atoms with Crippen molar-refractivity contribution in [1.82, 2.24) is 10.2 Å². The molecular formula is C31H34N2O. The Balaban J connectivity index is 1.42. The molecule has 34 heavy (non-hydrogen) atoms. The van der Waals surface area contributed by atoms with Gasteiger partial charge in [0.1, 0.15) is 0 Å². The highest BCUT2D eigenvalue weighted by atomic mass is 16.1. The molecule has 0 unspecified atom stereocenters. The summed E-state index contributed by atoms with van der Waals surface area (Å²) in [6.07, 6.45) is 5.98. The third-order valence-electron chi connectivity index (χ3n) is 7.43. The van der Waals surface area contributed by atoms with Gasteiger partial charge in [-0.25, -0.2) is 0 Å². The van der Waals surface area contributed by atoms with Crippen LogP contribution in [0, 0.1) is 0 Å². The maximum atomic E-state index is 12.3. The summed E-state index contributed by atoms with van der Waals surface area (Å²) in [7, 11) is 0. The number of carbonyl (C=O) groups is 1. The van der Waals surface area contributed by atoms with Crippen LogP contribution in [0.15, 0.2) is 90.5 Å². The molecule has 3 nitrogen and oxygen atoms in total. The molecule has 2 atom stereocenters. The van der Waals surface area contributed by atoms with Gasteiger partial charge >= 0.3 is 0 Å². The van der Waals surface area contributed by atoms with Crippen molar-refractivity contribution in [1.29, 1.82) is 0 Å². The Bertz CT molecular complexity index is 1120. The van der Waals surface area contributed by atoms with E-state index in [0.29, 0.717) is 18.6 Å². The van der Waals surface area contributed by atoms with E-state index < -0.39 is 0 Å². The highest BCUT2D eigenvalue weighted by Gasteiger charge is 2.39. The van der Waals surface area contributed by atoms with Crippen molar-refractivity contribution in [3.63, 3.8) is 0 Å². The fraction of sp³-hybridized carbons (Fsp3) is 0.323. The van der Waals surface area contributed by atoms with Gasteiger partial charge in [-0.2, -0.15) is 0 Å². The second-order valence-corrected chi connectivity index (χ2v) is 9.55. The van der Waals surface area contributed by atoms with Crippen LogP contribution < -0.4 is 5.32 Å². The molecule has 3 aromatic carbocycles. The number of carbonyl (C=O) groups excluding carboxylic acids is 1. The van der Waals surface area contributed by atoms with Gasteiger partial charge in [0, 0.05) is 30.7 Å². The second kappa shape index (κ2) is 10.4. The first kappa shape index (κ1) is 22.6. The zero-order valence-electron chi connectivity index (χ0n) is 20.0. The topological polar surface area (TPSA) is 32.3 Å². The number of benzene rings is 3. The minimum absolute atomic E-state index is 0.00673. The Morgan fingerprint density at radius 3 is 1.97 bits per heavy atom. The van der Waals surface area contributed by atoms with Gasteiger partial charge in [0.25, 0.3) is 5.91 Å². The second-order valence-electron chi connectivity index (χ2n) is 9.55. The van der Waals surface area contributed by atoms with Crippen LogP contribution in [0.1, 0.15) is 59.7 Å². The van der Waals surface area contributed by atoms with Crippen molar-refractivity contribution in [2.75, 3.05) is 13.1 Å². The maximum absolute atomic E-state index is 12.3. The van der Waals surface area contributed by atoms with Crippen LogP contribution in [0.5, 0.6) is 0 Å². The lowest BCUT2D eigenvalue weighted by Crippen LogP contribution is -2.41. The lowest BCUT2D eigenvalue weighted by molar-refractivity contribution is 0.0956. The van der Waals surface area contributed by atoms with Crippen molar-refractivity contribution < 1.29 is 4.79 Å². The van der Waals surface area contributed by atoms with Gasteiger partial charge in [-0.05, 0) is 73.4 Å². The summed E-state index contributed by atoms with van der Waals surface area (Å²) in [6.45, 7) is 3.74. The molecule has 1 amide bonds. The summed E-state index contributed by atoms with van der Waals surface area (Å²) in [5.41, 5.74) is 7.58. The Labute approximate surface area is 203 Å². The summed E-state index contributed by atoms with van der Waals surface area (Å²) >= 11 is 0. The Morgan fingerprint density at radius 1 is 0.794 bits per heavy atom. The van der Waals surface area contributed by atoms with Crippen LogP contribution in [-0.2, 0) is 6.42 Å². The van der Waals surface area contributed by atoms with E-state index in [2.05, 4.69) is 83.0 Å². The molecule has 0 aliphatic carbocycles. The number of hydrogen-bond acceptors (Lipinski definition) is 2. The van der Waals surface area contributed by atoms with Gasteiger partial charge in [0.15, 0.2) is 0 Å². The first-order valence-electron chi connectivity index (χ1n) is 12.7. The van der Waals surface area contributed by atoms with E-state index in [0.717, 1.165) is 31.4 Å². The van der Waals surface area contributed by atoms with Crippen LogP contribution >= 0.6 is 0 Å². The van der Waals surface area contributed by atoms with Gasteiger partial charge in [0.05, 0.1) is 0 Å². The molecule has 2 heterocycles. The summed E-state index contributed by atoms with van der Waals surface area (Å²) in [4.78, 5) is 15.0. The number of rotatable bonds is 7. The average molecular weight is 451 g/mol. The van der Waals surface area contributed by atoms with Gasteiger partial charge in [-0.3, -0.25) is 9.69 Å². The molecule has 0 aromatic heterocycles. The third-order valence-corrected chi connectivity index (χ3v) is 7.43. The first-order chi connectivity index (χ1) is 16.7. The van der Waals surface area contributed by atoms with Gasteiger partial charge < -0.3 is 5.32 Å². The minimum atomic E-state index is -0.00673. The molecule has 2 saturated heterocycles. The molecule has 3 heteroatoms. The van der Waals surface area contributed by atoms with E-state index in [1.54, 1.807) is 5.57 Å². The lowest BCUT2D eigenvalue weighted by Gasteiger charge is -2.37. The molecule has 174 valence electrons. The van der Waals surface area contributed by atoms with E-state index in [9.17, 15) is 4.79 Å². The van der Waals surface area contributed by atoms with Crippen LogP contribution in [0.4, 0.5) is 0 Å². The zero-order valence-corrected chi connectivity index (χ0v) is 20.0. The highest BCUT2D eigenvalue weighted by molar-refractivity contribution is 5.95. The van der Waals surface area contributed by atoms with Gasteiger partial charge in [-0.1, -0.05) is 78.4 Å². The third kappa shape index (κ3) is 4.85. The molecule has 1 N–H and O–H groups in total. The fourth-order valence-corrected chi connectivity index (χ4v) is 5.81. The van der Waals surface area contributed by atoms with Gasteiger partial charge in [-0.15, -0.1) is 0 Å². The number of hydrogen-bond donors (Lipinski definition) is 1. The fourth-order valence-electron chi connectivity index (χ4n) is 5.81. The number of nitrogens with one attached hydrogen (secondary N) is 1. The van der Waals surface area contributed by atoms with E-state index in [4.69, 9.17) is 0 Å².